The molecule has 0 aromatic heterocycles. The number of aromatic nitrogens is 2. The Hall–Kier alpha value is -9.18. The van der Waals surface area contributed by atoms with E-state index in [4.69, 9.17) is 90.5 Å². The van der Waals surface area contributed by atoms with Gasteiger partial charge in [0.05, 0.1) is 116 Å². The fourth-order valence-electron chi connectivity index (χ4n) is 21.8. The van der Waals surface area contributed by atoms with E-state index in [9.17, 15) is 65.1 Å². The predicted octanol–water partition coefficient (Wildman–Crippen LogP) is 14.1. The van der Waals surface area contributed by atoms with Gasteiger partial charge in [0.25, 0.3) is 11.7 Å². The van der Waals surface area contributed by atoms with Gasteiger partial charge >= 0.3 is 17.7 Å². The molecular weight excluding hydrogens is 1910 g/mol. The van der Waals surface area contributed by atoms with Gasteiger partial charge in [0.15, 0.2) is 24.0 Å². The highest BCUT2D eigenvalue weighted by atomic mass is 35.5. The summed E-state index contributed by atoms with van der Waals surface area (Å²) < 4.78 is 63.7. The molecular formula is C111H156Cl2N10O23. The molecule has 5 aromatic rings. The molecule has 35 heteroatoms. The molecule has 11 N–H and O–H groups in total. The van der Waals surface area contributed by atoms with Crippen LogP contribution < -0.4 is 31.4 Å². The van der Waals surface area contributed by atoms with Crippen LogP contribution in [0.3, 0.4) is 0 Å². The van der Waals surface area contributed by atoms with Crippen molar-refractivity contribution in [1.82, 2.24) is 24.3 Å². The van der Waals surface area contributed by atoms with Crippen LogP contribution in [0, 0.1) is 54.3 Å². The number of para-hydroxylation sites is 2. The summed E-state index contributed by atoms with van der Waals surface area (Å²) in [5.41, 5.74) is 1.65. The van der Waals surface area contributed by atoms with Crippen molar-refractivity contribution in [2.75, 3.05) is 72.2 Å². The number of nitrogens with zero attached hydrogens (tertiary/aromatic N) is 8. The van der Waals surface area contributed by atoms with E-state index in [2.05, 4.69) is 66.0 Å². The molecule has 0 saturated carbocycles. The maximum Gasteiger partial charge on any atom is 0.312 e. The zero-order valence-corrected chi connectivity index (χ0v) is 91.1. The number of ether oxygens (including phenoxy) is 10. The van der Waals surface area contributed by atoms with Crippen LogP contribution in [0.5, 0.6) is 17.2 Å². The van der Waals surface area contributed by atoms with Gasteiger partial charge < -0.3 is 123 Å². The number of rotatable bonds is 15. The second-order valence-electron chi connectivity index (χ2n) is 43.2. The molecule has 5 aromatic carbocycles. The highest BCUT2D eigenvalue weighted by Gasteiger charge is 2.56. The summed E-state index contributed by atoms with van der Waals surface area (Å²) in [5.74, 6) is -9.03. The van der Waals surface area contributed by atoms with Crippen molar-refractivity contribution in [3.8, 4) is 34.3 Å². The lowest BCUT2D eigenvalue weighted by Crippen LogP contribution is -2.60. The second-order valence-corrected chi connectivity index (χ2v) is 44.1. The molecule has 33 nitrogen and oxygen atoms in total. The van der Waals surface area contributed by atoms with Crippen molar-refractivity contribution in [3.63, 3.8) is 0 Å². The number of esters is 2. The Morgan fingerprint density at radius 3 is 2.01 bits per heavy atom. The number of aliphatic hydroxyl groups is 7. The topological polar surface area (TPSA) is 431 Å². The van der Waals surface area contributed by atoms with Crippen LogP contribution in [0.1, 0.15) is 200 Å². The van der Waals surface area contributed by atoms with E-state index in [0.29, 0.717) is 54.9 Å². The van der Waals surface area contributed by atoms with E-state index in [1.807, 2.05) is 118 Å². The SMILES string of the molecule is CC(C)N=c1cc2n(-c3ccc(Cl)cc3)c3ccccc3nc-2cc1Nc1ccc(Cl)cc1.CC[C@H]1OC(=O)[C@H](C)[C@@H](O[C@H]2C[C@@](C)(OC)[C@@H](O)[C@H](C)O2)[C@H](C)[C@@H](O[C@@H]2O[C@H](C)C[C@H](N(C)C)[C@H]2O)[C@](C)(O)C[C@@H](C)CN(C)[C@H](C)[C@@H](O)[C@]1(C)O.CO[C@H]1/C=C/O[C@@]2(C)Oc3c(C)c(O)c4c(O)c(c5c(c4c3C2=O)=NC2(CCN(CC(C)C)CC2)N=5)NC(=O)/C(C)=C\C=C\[C@H](C)[C@H](O)[C@@H](C)[C@@H](O)[C@@H](C)[C@H](OC(C)=O)[C@@H]1C. The molecule has 27 atom stereocenters. The maximum atomic E-state index is 14.7. The van der Waals surface area contributed by atoms with Crippen LogP contribution in [-0.2, 0) is 57.0 Å². The number of fused-ring (bicyclic) bond motifs is 3. The number of allylic oxidation sites excluding steroid dienone is 2. The summed E-state index contributed by atoms with van der Waals surface area (Å²) in [6.45, 7) is 41.7. The quantitative estimate of drug-likeness (QED) is 0.0258. The zero-order valence-electron chi connectivity index (χ0n) is 89.5. The number of ketones is 1. The number of hydrogen-bond donors (Lipinski definition) is 11. The Morgan fingerprint density at radius 1 is 0.753 bits per heavy atom. The highest BCUT2D eigenvalue weighted by molar-refractivity contribution is 6.31. The Kier molecular flexibility index (Phi) is 37.6. The molecule has 1 amide bonds. The Balaban J connectivity index is 0.000000203. The number of carbonyl (C=O) groups is 4. The molecule has 4 bridgehead atoms. The predicted molar refractivity (Wildman–Crippen MR) is 560 cm³/mol. The minimum absolute atomic E-state index is 0.0364. The molecule has 0 radical (unpaired) electrons. The number of aromatic hydroxyl groups is 2. The van der Waals surface area contributed by atoms with Crippen molar-refractivity contribution >= 4 is 85.7 Å². The summed E-state index contributed by atoms with van der Waals surface area (Å²) >= 11 is 12.2. The molecule has 9 aliphatic rings. The zero-order chi connectivity index (χ0) is 107. The van der Waals surface area contributed by atoms with Crippen LogP contribution >= 0.6 is 23.2 Å². The number of hydrogen-bond acceptors (Lipinski definition) is 31. The van der Waals surface area contributed by atoms with E-state index in [1.165, 1.54) is 41.3 Å². The molecule has 4 saturated heterocycles. The number of nitrogens with one attached hydrogen (secondary N) is 2. The first-order chi connectivity index (χ1) is 68.5. The lowest BCUT2D eigenvalue weighted by Gasteiger charge is -2.48. The fraction of sp³-hybridized carbons (Fsp3) is 0.604. The van der Waals surface area contributed by atoms with E-state index in [1.54, 1.807) is 107 Å². The van der Waals surface area contributed by atoms with Gasteiger partial charge in [0.2, 0.25) is 0 Å². The number of methoxy groups -OCH3 is 2. The second kappa shape index (κ2) is 47.6. The van der Waals surface area contributed by atoms with Crippen molar-refractivity contribution in [3.05, 3.63) is 158 Å². The number of amides is 1. The average molecular weight is 2070 g/mol. The molecule has 8 aliphatic heterocycles. The normalized spacial score (nSPS) is 34.0. The number of carbonyl (C=O) groups excluding carboxylic acids is 4. The first-order valence-corrected chi connectivity index (χ1v) is 51.9. The standard InChI is InChI=1S/C46H62N4O11.C38H72N2O12.C27H22Cl2N4/c1-22(2)21-50-18-16-46(17-19-50)48-34-31-32-39(54)28(8)42-33(31)43(56)45(10,61-42)59-20-15-30(58-11)25(5)41(60-29(9)51)27(7)38(53)26(6)37(52)23(3)13-12-14-24(4)44(57)47-36(40(32)55)35(34)49-46;1-15-27-38(10,46)31(42)24(6)40(13)19-20(2)17-36(8,45)33(52-35-29(41)26(39(11)12)16-21(3)48-35)22(4)30(23(5)34(44)50-27)51-28-18-37(9,47-14)32(43)25(7)49-28;1-17(2)30-24-16-27-25(15-23(24)31-20-11-7-18(28)8-12-20)32-22-5-3-4-6-26(22)33(27)21-13-9-19(29)10-14-21/h12-15,20,22-23,25-27,30,37-38,41,52-55H,16-19,21H2,1-11H3,(H,47,57);20-33,35,41-43,45-46H,15-19H2,1-14H3;3-17,31H,1-2H3/b13-12+,20-15+,24-14-;;/t23-,25+,26+,27+,30-,37-,38+,41+,45-;20-,21-,22+,23-,24-,25+,26+,27-,28+,29-,30+,31-,32+,33-,35+,36-,37-,38-;/m01./s1. The average Bonchev–Trinajstić information content (AvgIpc) is 1.52. The van der Waals surface area contributed by atoms with E-state index in [0.717, 1.165) is 51.4 Å². The Labute approximate surface area is 867 Å². The summed E-state index contributed by atoms with van der Waals surface area (Å²) in [6, 6.07) is 27.1. The minimum Gasteiger partial charge on any atom is -0.507 e. The number of likely N-dealkylation sites (tertiary alicyclic amines) is 1. The van der Waals surface area contributed by atoms with Gasteiger partial charge in [-0.1, -0.05) is 116 Å². The highest BCUT2D eigenvalue weighted by Crippen LogP contribution is 2.51. The molecule has 1 aliphatic carbocycles. The summed E-state index contributed by atoms with van der Waals surface area (Å²) in [5, 5.41) is 114. The molecule has 8 heterocycles. The van der Waals surface area contributed by atoms with Gasteiger partial charge in [-0.25, -0.2) is 4.98 Å². The van der Waals surface area contributed by atoms with Crippen LogP contribution in [0.2, 0.25) is 10.0 Å². The smallest absolute Gasteiger partial charge is 0.312 e. The van der Waals surface area contributed by atoms with Gasteiger partial charge in [0.1, 0.15) is 58.7 Å². The third-order valence-electron chi connectivity index (χ3n) is 30.4. The summed E-state index contributed by atoms with van der Waals surface area (Å²) in [6.07, 6.45) is -3.15. The minimum atomic E-state index is -1.96. The first-order valence-electron chi connectivity index (χ1n) is 51.1. The number of cyclic esters (lactones) is 1. The van der Waals surface area contributed by atoms with Gasteiger partial charge in [0, 0.05) is 159 Å². The third kappa shape index (κ3) is 25.3. The van der Waals surface area contributed by atoms with Gasteiger partial charge in [-0.15, -0.1) is 0 Å². The number of likely N-dealkylation sites (N-methyl/N-ethyl adjacent to an activating group) is 2. The Morgan fingerprint density at radius 2 is 1.40 bits per heavy atom. The molecule has 146 heavy (non-hydrogen) atoms. The van der Waals surface area contributed by atoms with Gasteiger partial charge in [-0.05, 0) is 207 Å². The monoisotopic (exact) mass is 2070 g/mol. The molecule has 4 fully saturated rings. The van der Waals surface area contributed by atoms with Crippen molar-refractivity contribution in [2.24, 2.45) is 62.3 Å². The molecule has 802 valence electrons. The van der Waals surface area contributed by atoms with Crippen molar-refractivity contribution in [1.29, 1.82) is 0 Å². The Bertz CT molecular complexity index is 6030. The number of phenols is 2. The fourth-order valence-corrected chi connectivity index (χ4v) is 22.1. The number of halogens is 2. The number of anilines is 3. The lowest BCUT2D eigenvalue weighted by atomic mass is 9.77. The number of Topliss-reactive ketones (excluding diaryl/α,β-unsaturated/α-hetero) is 1. The van der Waals surface area contributed by atoms with Crippen molar-refractivity contribution < 1.29 is 113 Å². The largest absolute Gasteiger partial charge is 0.507 e. The maximum absolute atomic E-state index is 14.7. The van der Waals surface area contributed by atoms with Crippen molar-refractivity contribution in [2.45, 2.75) is 323 Å². The molecule has 1 spiro atoms. The van der Waals surface area contributed by atoms with Gasteiger partial charge in [-0.3, -0.25) is 34.2 Å². The molecule has 14 rings (SSSR count). The first kappa shape index (κ1) is 116. The van der Waals surface area contributed by atoms with Crippen LogP contribution in [0.4, 0.5) is 17.1 Å². The van der Waals surface area contributed by atoms with Crippen LogP contribution in [-0.4, -0.2) is 288 Å². The number of benzene rings is 6. The number of aliphatic hydroxyl groups excluding tert-OH is 5. The van der Waals surface area contributed by atoms with Gasteiger partial charge in [-0.2, -0.15) is 0 Å². The van der Waals surface area contributed by atoms with Crippen LogP contribution in [0.25, 0.3) is 38.9 Å². The summed E-state index contributed by atoms with van der Waals surface area (Å²) in [7, 11) is 8.59. The third-order valence-corrected chi connectivity index (χ3v) is 30.9. The van der Waals surface area contributed by atoms with Crippen LogP contribution in [0.15, 0.2) is 136 Å². The number of piperidine rings is 1. The molecule has 0 unspecified atom stereocenters. The van der Waals surface area contributed by atoms with E-state index in [-0.39, 0.29) is 98.7 Å². The summed E-state index contributed by atoms with van der Waals surface area (Å²) in [4.78, 5) is 81.6. The number of phenolic OH excluding ortho intramolecular Hbond substituents is 2. The van der Waals surface area contributed by atoms with E-state index >= 15 is 0 Å². The van der Waals surface area contributed by atoms with E-state index < -0.39 is 179 Å². The lowest BCUT2D eigenvalue weighted by molar-refractivity contribution is -0.318.